The third kappa shape index (κ3) is 4.94. The minimum absolute atomic E-state index is 0.0999. The van der Waals surface area contributed by atoms with Crippen molar-refractivity contribution in [1.82, 2.24) is 14.8 Å². The molecule has 3 rings (SSSR count). The lowest BCUT2D eigenvalue weighted by atomic mass is 10.0. The molecular weight excluding hydrogens is 405 g/mol. The maximum absolute atomic E-state index is 13.3. The Labute approximate surface area is 166 Å². The van der Waals surface area contributed by atoms with Gasteiger partial charge in [-0.05, 0) is 55.8 Å². The number of alkyl halides is 2. The third-order valence-corrected chi connectivity index (χ3v) is 5.88. The molecule has 0 bridgehead atoms. The second-order valence-electron chi connectivity index (χ2n) is 6.64. The Morgan fingerprint density at radius 1 is 1.10 bits per heavy atom. The number of sulfonamides is 1. The van der Waals surface area contributed by atoms with E-state index >= 15 is 0 Å². The fraction of sp³-hybridized carbons (Fsp3) is 0.263. The number of aromatic nitrogens is 3. The molecule has 29 heavy (non-hydrogen) atoms. The first-order chi connectivity index (χ1) is 13.7. The normalized spacial score (nSPS) is 12.0. The molecule has 0 aliphatic heterocycles. The second-order valence-corrected chi connectivity index (χ2v) is 8.87. The first-order valence-corrected chi connectivity index (χ1v) is 10.3. The van der Waals surface area contributed by atoms with Crippen molar-refractivity contribution >= 4 is 15.8 Å². The van der Waals surface area contributed by atoms with Crippen molar-refractivity contribution in [2.45, 2.75) is 32.1 Å². The first-order valence-electron chi connectivity index (χ1n) is 8.75. The number of pyridine rings is 1. The van der Waals surface area contributed by atoms with Gasteiger partial charge in [-0.1, -0.05) is 0 Å². The highest BCUT2D eigenvalue weighted by molar-refractivity contribution is 7.93. The van der Waals surface area contributed by atoms with E-state index in [1.807, 2.05) is 0 Å². The number of nitrogens with one attached hydrogen (secondary N) is 1. The van der Waals surface area contributed by atoms with Crippen molar-refractivity contribution in [1.29, 1.82) is 0 Å². The molecule has 1 N–H and O–H groups in total. The number of hydrogen-bond donors (Lipinski definition) is 1. The molecular formula is C19H19F3N4O2S. The Kier molecular flexibility index (Phi) is 5.92. The lowest BCUT2D eigenvalue weighted by Crippen LogP contribution is -2.22. The molecule has 6 nitrogen and oxygen atoms in total. The van der Waals surface area contributed by atoms with Crippen LogP contribution in [0.4, 0.5) is 19.0 Å². The number of rotatable bonds is 7. The Balaban J connectivity index is 2.06. The zero-order valence-electron chi connectivity index (χ0n) is 15.7. The Morgan fingerprint density at radius 3 is 2.41 bits per heavy atom. The summed E-state index contributed by atoms with van der Waals surface area (Å²) in [5.41, 5.74) is 1.93. The van der Waals surface area contributed by atoms with E-state index in [0.717, 1.165) is 4.68 Å². The second kappa shape index (κ2) is 8.24. The fourth-order valence-electron chi connectivity index (χ4n) is 2.61. The summed E-state index contributed by atoms with van der Waals surface area (Å²) >= 11 is 0. The fourth-order valence-corrected chi connectivity index (χ4v) is 3.24. The van der Waals surface area contributed by atoms with Gasteiger partial charge in [-0.3, -0.25) is 9.40 Å². The highest BCUT2D eigenvalue weighted by Crippen LogP contribution is 2.32. The SMILES string of the molecule is CC(C)S(=O)(=O)Nc1cc(-c2cn(CC(F)F)nc2-c2ccc(F)cc2)ccn1. The molecule has 0 radical (unpaired) electrons. The van der Waals surface area contributed by atoms with Crippen LogP contribution in [0.5, 0.6) is 0 Å². The van der Waals surface area contributed by atoms with Gasteiger partial charge in [0.25, 0.3) is 6.43 Å². The van der Waals surface area contributed by atoms with Crippen LogP contribution in [-0.2, 0) is 16.6 Å². The summed E-state index contributed by atoms with van der Waals surface area (Å²) in [5, 5.41) is 3.56. The van der Waals surface area contributed by atoms with Gasteiger partial charge >= 0.3 is 0 Å². The van der Waals surface area contributed by atoms with Gasteiger partial charge in [-0.25, -0.2) is 26.6 Å². The molecule has 0 atom stereocenters. The van der Waals surface area contributed by atoms with Gasteiger partial charge < -0.3 is 0 Å². The minimum atomic E-state index is -3.60. The van der Waals surface area contributed by atoms with Gasteiger partial charge in [0, 0.05) is 23.5 Å². The number of anilines is 1. The van der Waals surface area contributed by atoms with E-state index in [-0.39, 0.29) is 5.82 Å². The molecule has 0 aliphatic rings. The lowest BCUT2D eigenvalue weighted by Gasteiger charge is -2.11. The first kappa shape index (κ1) is 20.8. The van der Waals surface area contributed by atoms with Gasteiger partial charge in [0.15, 0.2) is 0 Å². The maximum atomic E-state index is 13.3. The van der Waals surface area contributed by atoms with E-state index < -0.39 is 34.1 Å². The van der Waals surface area contributed by atoms with E-state index in [4.69, 9.17) is 0 Å². The molecule has 0 amide bonds. The van der Waals surface area contributed by atoms with Gasteiger partial charge in [-0.15, -0.1) is 0 Å². The average molecular weight is 424 g/mol. The van der Waals surface area contributed by atoms with E-state index in [1.54, 1.807) is 6.07 Å². The molecule has 1 aromatic carbocycles. The number of nitrogens with zero attached hydrogens (tertiary/aromatic N) is 3. The van der Waals surface area contributed by atoms with E-state index in [1.165, 1.54) is 56.6 Å². The number of hydrogen-bond acceptors (Lipinski definition) is 4. The summed E-state index contributed by atoms with van der Waals surface area (Å²) in [6.45, 7) is 2.46. The molecule has 10 heteroatoms. The largest absolute Gasteiger partial charge is 0.267 e. The number of halogens is 3. The van der Waals surface area contributed by atoms with Crippen LogP contribution in [-0.4, -0.2) is 34.9 Å². The Morgan fingerprint density at radius 2 is 1.79 bits per heavy atom. The number of benzene rings is 1. The van der Waals surface area contributed by atoms with Crippen LogP contribution in [0.25, 0.3) is 22.4 Å². The Bertz CT molecular complexity index is 1100. The average Bonchev–Trinajstić information content (AvgIpc) is 3.05. The minimum Gasteiger partial charge on any atom is -0.267 e. The molecule has 0 aliphatic carbocycles. The summed E-state index contributed by atoms with van der Waals surface area (Å²) in [6.07, 6.45) is 0.252. The van der Waals surface area contributed by atoms with Crippen molar-refractivity contribution in [3.05, 3.63) is 54.6 Å². The molecule has 0 fully saturated rings. The Hall–Kier alpha value is -2.88. The van der Waals surface area contributed by atoms with Gasteiger partial charge in [0.2, 0.25) is 10.0 Å². The van der Waals surface area contributed by atoms with Gasteiger partial charge in [-0.2, -0.15) is 5.10 Å². The van der Waals surface area contributed by atoms with Crippen LogP contribution in [0.15, 0.2) is 48.8 Å². The highest BCUT2D eigenvalue weighted by atomic mass is 32.2. The molecule has 0 saturated heterocycles. The smallest absolute Gasteiger partial charge is 0.257 e. The standard InChI is InChI=1S/C19H19F3N4O2S/c1-12(2)29(27,28)25-18-9-14(7-8-23-18)16-10-26(11-17(21)22)24-19(16)13-3-5-15(20)6-4-13/h3-10,12,17H,11H2,1-2H3,(H,23,25). The van der Waals surface area contributed by atoms with Crippen molar-refractivity contribution in [2.24, 2.45) is 0 Å². The van der Waals surface area contributed by atoms with Crippen molar-refractivity contribution in [3.63, 3.8) is 0 Å². The predicted molar refractivity (Wildman–Crippen MR) is 105 cm³/mol. The summed E-state index contributed by atoms with van der Waals surface area (Å²) in [5.74, 6) is -0.334. The lowest BCUT2D eigenvalue weighted by molar-refractivity contribution is 0.122. The van der Waals surface area contributed by atoms with Crippen LogP contribution in [0.3, 0.4) is 0 Å². The molecule has 0 unspecified atom stereocenters. The molecule has 2 heterocycles. The zero-order chi connectivity index (χ0) is 21.2. The molecule has 3 aromatic rings. The van der Waals surface area contributed by atoms with Crippen molar-refractivity contribution in [2.75, 3.05) is 4.72 Å². The molecule has 0 spiro atoms. The molecule has 2 aromatic heterocycles. The van der Waals surface area contributed by atoms with Crippen molar-refractivity contribution in [3.8, 4) is 22.4 Å². The van der Waals surface area contributed by atoms with Crippen LogP contribution in [0.2, 0.25) is 0 Å². The molecule has 154 valence electrons. The third-order valence-electron chi connectivity index (χ3n) is 4.14. The van der Waals surface area contributed by atoms with E-state index in [9.17, 15) is 21.6 Å². The highest BCUT2D eigenvalue weighted by Gasteiger charge is 2.19. The van der Waals surface area contributed by atoms with Crippen LogP contribution < -0.4 is 4.72 Å². The van der Waals surface area contributed by atoms with E-state index in [0.29, 0.717) is 22.4 Å². The quantitative estimate of drug-likeness (QED) is 0.618. The topological polar surface area (TPSA) is 76.9 Å². The predicted octanol–water partition coefficient (Wildman–Crippen LogP) is 4.17. The maximum Gasteiger partial charge on any atom is 0.257 e. The van der Waals surface area contributed by atoms with Gasteiger partial charge in [0.05, 0.1) is 5.25 Å². The molecule has 0 saturated carbocycles. The zero-order valence-corrected chi connectivity index (χ0v) is 16.5. The summed E-state index contributed by atoms with van der Waals surface area (Å²) in [6, 6.07) is 8.61. The van der Waals surface area contributed by atoms with Crippen LogP contribution in [0.1, 0.15) is 13.8 Å². The summed E-state index contributed by atoms with van der Waals surface area (Å²) < 4.78 is 66.7. The van der Waals surface area contributed by atoms with Crippen LogP contribution >= 0.6 is 0 Å². The summed E-state index contributed by atoms with van der Waals surface area (Å²) in [7, 11) is -3.60. The van der Waals surface area contributed by atoms with Crippen molar-refractivity contribution < 1.29 is 21.6 Å². The summed E-state index contributed by atoms with van der Waals surface area (Å²) in [4.78, 5) is 4.01. The van der Waals surface area contributed by atoms with Gasteiger partial charge in [0.1, 0.15) is 23.9 Å². The van der Waals surface area contributed by atoms with E-state index in [2.05, 4.69) is 14.8 Å². The van der Waals surface area contributed by atoms with Crippen LogP contribution in [0, 0.1) is 5.82 Å². The monoisotopic (exact) mass is 424 g/mol.